The molecule has 0 saturated heterocycles. The standard InChI is InChI=1S/C28H30Cl2N4O6S/c1-3-16-31-28(36)26(4-2)32(18-20-10-11-21(29)17-25(20)30)27(35)19-33(22-12-14-23(15-13-22)34(37)38)41(39,40)24-8-6-5-7-9-24/h5-15,17,26H,3-4,16,18-19H2,1-2H3,(H,31,36)/t26-/m1/s1. The van der Waals surface area contributed by atoms with Crippen LogP contribution in [-0.4, -0.2) is 49.2 Å². The Labute approximate surface area is 249 Å². The van der Waals surface area contributed by atoms with Gasteiger partial charge in [0.1, 0.15) is 12.6 Å². The Morgan fingerprint density at radius 3 is 2.22 bits per heavy atom. The molecule has 0 bridgehead atoms. The zero-order chi connectivity index (χ0) is 30.2. The van der Waals surface area contributed by atoms with Crippen LogP contribution in [0.4, 0.5) is 11.4 Å². The van der Waals surface area contributed by atoms with Gasteiger partial charge in [0.05, 0.1) is 15.5 Å². The third-order valence-electron chi connectivity index (χ3n) is 6.25. The Kier molecular flexibility index (Phi) is 11.1. The zero-order valence-corrected chi connectivity index (χ0v) is 24.8. The molecule has 0 aliphatic heterocycles. The summed E-state index contributed by atoms with van der Waals surface area (Å²) in [6, 6.07) is 16.2. The lowest BCUT2D eigenvalue weighted by Gasteiger charge is -2.33. The van der Waals surface area contributed by atoms with Gasteiger partial charge in [0.15, 0.2) is 0 Å². The molecule has 1 atom stereocenters. The number of rotatable bonds is 13. The highest BCUT2D eigenvalue weighted by atomic mass is 35.5. The number of carbonyl (C=O) groups is 2. The van der Waals surface area contributed by atoms with E-state index in [1.54, 1.807) is 37.3 Å². The van der Waals surface area contributed by atoms with E-state index in [0.29, 0.717) is 23.6 Å². The molecular formula is C28H30Cl2N4O6S. The second kappa shape index (κ2) is 14.3. The van der Waals surface area contributed by atoms with Crippen molar-refractivity contribution in [2.24, 2.45) is 0 Å². The molecule has 2 amide bonds. The molecule has 0 aromatic heterocycles. The van der Waals surface area contributed by atoms with Crippen molar-refractivity contribution >= 4 is 56.4 Å². The van der Waals surface area contributed by atoms with Crippen molar-refractivity contribution in [2.75, 3.05) is 17.4 Å². The van der Waals surface area contributed by atoms with Crippen molar-refractivity contribution in [2.45, 2.75) is 44.2 Å². The number of nitrogens with zero attached hydrogens (tertiary/aromatic N) is 3. The number of hydrogen-bond acceptors (Lipinski definition) is 6. The first kappa shape index (κ1) is 31.9. The lowest BCUT2D eigenvalue weighted by Crippen LogP contribution is -2.52. The van der Waals surface area contributed by atoms with Gasteiger partial charge in [-0.15, -0.1) is 0 Å². The van der Waals surface area contributed by atoms with Crippen LogP contribution >= 0.6 is 23.2 Å². The van der Waals surface area contributed by atoms with Crippen LogP contribution in [0, 0.1) is 10.1 Å². The minimum Gasteiger partial charge on any atom is -0.354 e. The first-order chi connectivity index (χ1) is 19.5. The van der Waals surface area contributed by atoms with Gasteiger partial charge < -0.3 is 10.2 Å². The largest absolute Gasteiger partial charge is 0.354 e. The molecule has 41 heavy (non-hydrogen) atoms. The highest BCUT2D eigenvalue weighted by Gasteiger charge is 2.34. The molecule has 3 rings (SSSR count). The van der Waals surface area contributed by atoms with E-state index in [1.165, 1.54) is 35.2 Å². The van der Waals surface area contributed by atoms with Crippen molar-refractivity contribution in [3.63, 3.8) is 0 Å². The summed E-state index contributed by atoms with van der Waals surface area (Å²) < 4.78 is 28.4. The lowest BCUT2D eigenvalue weighted by atomic mass is 10.1. The van der Waals surface area contributed by atoms with Crippen molar-refractivity contribution in [1.82, 2.24) is 10.2 Å². The van der Waals surface area contributed by atoms with Crippen LogP contribution in [0.3, 0.4) is 0 Å². The SMILES string of the molecule is CCCNC(=O)[C@@H](CC)N(Cc1ccc(Cl)cc1Cl)C(=O)CN(c1ccc([N+](=O)[O-])cc1)S(=O)(=O)c1ccccc1. The van der Waals surface area contributed by atoms with Crippen molar-refractivity contribution in [1.29, 1.82) is 0 Å². The van der Waals surface area contributed by atoms with E-state index in [9.17, 15) is 28.1 Å². The van der Waals surface area contributed by atoms with Crippen molar-refractivity contribution in [3.8, 4) is 0 Å². The van der Waals surface area contributed by atoms with Crippen LogP contribution in [-0.2, 0) is 26.2 Å². The van der Waals surface area contributed by atoms with E-state index in [2.05, 4.69) is 5.32 Å². The molecule has 0 spiro atoms. The molecule has 1 N–H and O–H groups in total. The monoisotopic (exact) mass is 620 g/mol. The number of non-ortho nitro benzene ring substituents is 1. The van der Waals surface area contributed by atoms with E-state index >= 15 is 0 Å². The number of amides is 2. The van der Waals surface area contributed by atoms with Gasteiger partial charge in [-0.05, 0) is 54.8 Å². The topological polar surface area (TPSA) is 130 Å². The fourth-order valence-electron chi connectivity index (χ4n) is 4.11. The van der Waals surface area contributed by atoms with E-state index < -0.39 is 33.4 Å². The molecule has 3 aromatic carbocycles. The minimum absolute atomic E-state index is 0.0424. The first-order valence-corrected chi connectivity index (χ1v) is 15.0. The van der Waals surface area contributed by atoms with Crippen LogP contribution in [0.25, 0.3) is 0 Å². The summed E-state index contributed by atoms with van der Waals surface area (Å²) in [7, 11) is -4.30. The predicted molar refractivity (Wildman–Crippen MR) is 158 cm³/mol. The average Bonchev–Trinajstić information content (AvgIpc) is 2.96. The van der Waals surface area contributed by atoms with Gasteiger partial charge in [0.2, 0.25) is 11.8 Å². The van der Waals surface area contributed by atoms with Crippen molar-refractivity contribution in [3.05, 3.63) is 98.5 Å². The van der Waals surface area contributed by atoms with E-state index in [0.717, 1.165) is 16.4 Å². The second-order valence-electron chi connectivity index (χ2n) is 9.07. The molecule has 3 aromatic rings. The van der Waals surface area contributed by atoms with Crippen LogP contribution in [0.5, 0.6) is 0 Å². The van der Waals surface area contributed by atoms with Gasteiger partial charge in [-0.3, -0.25) is 24.0 Å². The molecule has 13 heteroatoms. The van der Waals surface area contributed by atoms with Gasteiger partial charge in [-0.1, -0.05) is 61.3 Å². The van der Waals surface area contributed by atoms with E-state index in [1.807, 2.05) is 6.92 Å². The smallest absolute Gasteiger partial charge is 0.269 e. The maximum absolute atomic E-state index is 14.0. The summed E-state index contributed by atoms with van der Waals surface area (Å²) in [5, 5.41) is 14.7. The van der Waals surface area contributed by atoms with Crippen molar-refractivity contribution < 1.29 is 22.9 Å². The number of nitro groups is 1. The minimum atomic E-state index is -4.30. The Balaban J connectivity index is 2.08. The number of sulfonamides is 1. The summed E-state index contributed by atoms with van der Waals surface area (Å²) in [4.78, 5) is 38.9. The third kappa shape index (κ3) is 7.96. The summed E-state index contributed by atoms with van der Waals surface area (Å²) >= 11 is 12.4. The zero-order valence-electron chi connectivity index (χ0n) is 22.5. The number of nitrogens with one attached hydrogen (secondary N) is 1. The van der Waals surface area contributed by atoms with Gasteiger partial charge in [0, 0.05) is 35.3 Å². The van der Waals surface area contributed by atoms with Gasteiger partial charge in [-0.25, -0.2) is 8.42 Å². The van der Waals surface area contributed by atoms with Crippen LogP contribution in [0.15, 0.2) is 77.7 Å². The molecule has 0 saturated carbocycles. The summed E-state index contributed by atoms with van der Waals surface area (Å²) in [5.74, 6) is -1.06. The molecular weight excluding hydrogens is 591 g/mol. The highest BCUT2D eigenvalue weighted by molar-refractivity contribution is 7.92. The highest BCUT2D eigenvalue weighted by Crippen LogP contribution is 2.28. The molecule has 0 radical (unpaired) electrons. The molecule has 218 valence electrons. The number of halogens is 2. The van der Waals surface area contributed by atoms with Gasteiger partial charge in [-0.2, -0.15) is 0 Å². The molecule has 10 nitrogen and oxygen atoms in total. The Hall–Kier alpha value is -3.67. The second-order valence-corrected chi connectivity index (χ2v) is 11.8. The summed E-state index contributed by atoms with van der Waals surface area (Å²) in [5.41, 5.74) is 0.314. The average molecular weight is 622 g/mol. The fourth-order valence-corrected chi connectivity index (χ4v) is 6.01. The maximum Gasteiger partial charge on any atom is 0.269 e. The molecule has 0 aliphatic rings. The van der Waals surface area contributed by atoms with Gasteiger partial charge in [0.25, 0.3) is 15.7 Å². The molecule has 0 unspecified atom stereocenters. The van der Waals surface area contributed by atoms with Crippen LogP contribution in [0.2, 0.25) is 10.0 Å². The number of benzene rings is 3. The van der Waals surface area contributed by atoms with E-state index in [4.69, 9.17) is 23.2 Å². The summed E-state index contributed by atoms with van der Waals surface area (Å²) in [6.07, 6.45) is 0.928. The lowest BCUT2D eigenvalue weighted by molar-refractivity contribution is -0.384. The Morgan fingerprint density at radius 2 is 1.66 bits per heavy atom. The summed E-state index contributed by atoms with van der Waals surface area (Å²) in [6.45, 7) is 3.27. The predicted octanol–water partition coefficient (Wildman–Crippen LogP) is 5.43. The number of carbonyl (C=O) groups excluding carboxylic acids is 2. The van der Waals surface area contributed by atoms with Gasteiger partial charge >= 0.3 is 0 Å². The normalized spacial score (nSPS) is 11.9. The number of nitro benzene ring substituents is 1. The number of anilines is 1. The third-order valence-corrected chi connectivity index (χ3v) is 8.62. The molecule has 0 aliphatic carbocycles. The number of hydrogen-bond donors (Lipinski definition) is 1. The molecule has 0 heterocycles. The fraction of sp³-hybridized carbons (Fsp3) is 0.286. The Morgan fingerprint density at radius 1 is 1.00 bits per heavy atom. The van der Waals surface area contributed by atoms with Crippen LogP contribution in [0.1, 0.15) is 32.3 Å². The molecule has 0 fully saturated rings. The first-order valence-electron chi connectivity index (χ1n) is 12.8. The van der Waals surface area contributed by atoms with E-state index in [-0.39, 0.29) is 40.2 Å². The van der Waals surface area contributed by atoms with Crippen LogP contribution < -0.4 is 9.62 Å². The maximum atomic E-state index is 14.0. The Bertz CT molecular complexity index is 1490. The quantitative estimate of drug-likeness (QED) is 0.200.